The van der Waals surface area contributed by atoms with Crippen molar-refractivity contribution in [2.75, 3.05) is 17.2 Å². The topological polar surface area (TPSA) is 41.1 Å². The molecule has 2 N–H and O–H groups in total. The lowest BCUT2D eigenvalue weighted by molar-refractivity contribution is -0.115. The van der Waals surface area contributed by atoms with Crippen LogP contribution in [0.15, 0.2) is 42.5 Å². The second-order valence-electron chi connectivity index (χ2n) is 7.30. The third-order valence-electron chi connectivity index (χ3n) is 4.31. The molecule has 3 heteroatoms. The molecule has 0 aromatic heterocycles. The molecular formula is C21H28N2O. The Morgan fingerprint density at radius 3 is 2.29 bits per heavy atom. The highest BCUT2D eigenvalue weighted by molar-refractivity contribution is 5.91. The first-order valence-electron chi connectivity index (χ1n) is 8.48. The number of benzene rings is 2. The van der Waals surface area contributed by atoms with Gasteiger partial charge in [0.15, 0.2) is 0 Å². The Bertz CT molecular complexity index is 697. The standard InChI is InChI=1S/C21H28N2O/c1-15-7-6-8-19(16(15)2)23-20(24)13-14-22-18-11-9-17(10-12-18)21(3,4)5/h6-12,22H,13-14H2,1-5H3,(H,23,24). The molecule has 0 aliphatic heterocycles. The molecule has 2 aromatic rings. The molecular weight excluding hydrogens is 296 g/mol. The molecule has 0 spiro atoms. The van der Waals surface area contributed by atoms with E-state index in [-0.39, 0.29) is 11.3 Å². The third kappa shape index (κ3) is 4.85. The van der Waals surface area contributed by atoms with E-state index in [1.165, 1.54) is 11.1 Å². The minimum atomic E-state index is 0.0301. The van der Waals surface area contributed by atoms with Crippen molar-refractivity contribution in [2.45, 2.75) is 46.5 Å². The molecule has 3 nitrogen and oxygen atoms in total. The molecule has 128 valence electrons. The highest BCUT2D eigenvalue weighted by Crippen LogP contribution is 2.23. The van der Waals surface area contributed by atoms with Crippen LogP contribution in [0.3, 0.4) is 0 Å². The van der Waals surface area contributed by atoms with Crippen LogP contribution in [0.1, 0.15) is 43.9 Å². The van der Waals surface area contributed by atoms with Gasteiger partial charge >= 0.3 is 0 Å². The van der Waals surface area contributed by atoms with E-state index < -0.39 is 0 Å². The summed E-state index contributed by atoms with van der Waals surface area (Å²) in [7, 11) is 0. The zero-order valence-electron chi connectivity index (χ0n) is 15.4. The van der Waals surface area contributed by atoms with Gasteiger partial charge in [-0.2, -0.15) is 0 Å². The average molecular weight is 324 g/mol. The molecule has 0 fully saturated rings. The summed E-state index contributed by atoms with van der Waals surface area (Å²) in [5, 5.41) is 6.29. The first kappa shape index (κ1) is 18.1. The Kier molecular flexibility index (Phi) is 5.66. The predicted octanol–water partition coefficient (Wildman–Crippen LogP) is 5.04. The van der Waals surface area contributed by atoms with Crippen LogP contribution in [0.4, 0.5) is 11.4 Å². The van der Waals surface area contributed by atoms with Crippen LogP contribution in [0.5, 0.6) is 0 Å². The number of carbonyl (C=O) groups excluding carboxylic acids is 1. The lowest BCUT2D eigenvalue weighted by atomic mass is 9.87. The van der Waals surface area contributed by atoms with Crippen molar-refractivity contribution in [2.24, 2.45) is 0 Å². The van der Waals surface area contributed by atoms with Crippen molar-refractivity contribution >= 4 is 17.3 Å². The smallest absolute Gasteiger partial charge is 0.226 e. The summed E-state index contributed by atoms with van der Waals surface area (Å²) in [6.45, 7) is 11.3. The summed E-state index contributed by atoms with van der Waals surface area (Å²) in [5.74, 6) is 0.0301. The van der Waals surface area contributed by atoms with Gasteiger partial charge in [-0.15, -0.1) is 0 Å². The highest BCUT2D eigenvalue weighted by atomic mass is 16.1. The quantitative estimate of drug-likeness (QED) is 0.809. The SMILES string of the molecule is Cc1cccc(NC(=O)CCNc2ccc(C(C)(C)C)cc2)c1C. The number of amides is 1. The molecule has 0 saturated carbocycles. The zero-order valence-corrected chi connectivity index (χ0v) is 15.4. The summed E-state index contributed by atoms with van der Waals surface area (Å²) >= 11 is 0. The molecule has 0 saturated heterocycles. The molecule has 0 aliphatic rings. The number of nitrogens with one attached hydrogen (secondary N) is 2. The second kappa shape index (κ2) is 7.52. The largest absolute Gasteiger partial charge is 0.385 e. The molecule has 0 bridgehead atoms. The first-order chi connectivity index (χ1) is 11.3. The average Bonchev–Trinajstić information content (AvgIpc) is 2.51. The molecule has 1 amide bonds. The van der Waals surface area contributed by atoms with Gasteiger partial charge in [0.25, 0.3) is 0 Å². The summed E-state index contributed by atoms with van der Waals surface area (Å²) in [5.41, 5.74) is 5.71. The van der Waals surface area contributed by atoms with Crippen molar-refractivity contribution in [1.29, 1.82) is 0 Å². The Labute approximate surface area is 145 Å². The Hall–Kier alpha value is -2.29. The minimum absolute atomic E-state index is 0.0301. The van der Waals surface area contributed by atoms with E-state index >= 15 is 0 Å². The van der Waals surface area contributed by atoms with Gasteiger partial charge in [0.2, 0.25) is 5.91 Å². The van der Waals surface area contributed by atoms with Crippen LogP contribution in [0, 0.1) is 13.8 Å². The van der Waals surface area contributed by atoms with E-state index in [4.69, 9.17) is 0 Å². The second-order valence-corrected chi connectivity index (χ2v) is 7.30. The van der Waals surface area contributed by atoms with Gasteiger partial charge in [-0.25, -0.2) is 0 Å². The van der Waals surface area contributed by atoms with E-state index in [2.05, 4.69) is 55.7 Å². The van der Waals surface area contributed by atoms with Gasteiger partial charge in [0.1, 0.15) is 0 Å². The van der Waals surface area contributed by atoms with Crippen LogP contribution in [-0.2, 0) is 10.2 Å². The van der Waals surface area contributed by atoms with Gasteiger partial charge in [-0.1, -0.05) is 45.0 Å². The monoisotopic (exact) mass is 324 g/mol. The van der Waals surface area contributed by atoms with Crippen LogP contribution < -0.4 is 10.6 Å². The van der Waals surface area contributed by atoms with E-state index in [1.807, 2.05) is 32.0 Å². The van der Waals surface area contributed by atoms with Gasteiger partial charge in [0.05, 0.1) is 0 Å². The molecule has 2 rings (SSSR count). The van der Waals surface area contributed by atoms with Crippen molar-refractivity contribution < 1.29 is 4.79 Å². The van der Waals surface area contributed by atoms with Gasteiger partial charge < -0.3 is 10.6 Å². The predicted molar refractivity (Wildman–Crippen MR) is 103 cm³/mol. The lowest BCUT2D eigenvalue weighted by Crippen LogP contribution is -2.17. The molecule has 24 heavy (non-hydrogen) atoms. The van der Waals surface area contributed by atoms with E-state index in [0.717, 1.165) is 16.9 Å². The number of aryl methyl sites for hydroxylation is 1. The van der Waals surface area contributed by atoms with Crippen LogP contribution in [0.25, 0.3) is 0 Å². The molecule has 2 aromatic carbocycles. The number of rotatable bonds is 5. The maximum Gasteiger partial charge on any atom is 0.226 e. The maximum absolute atomic E-state index is 12.1. The zero-order chi connectivity index (χ0) is 17.7. The van der Waals surface area contributed by atoms with Crippen LogP contribution in [0.2, 0.25) is 0 Å². The summed E-state index contributed by atoms with van der Waals surface area (Å²) < 4.78 is 0. The molecule has 0 heterocycles. The van der Waals surface area contributed by atoms with Crippen molar-refractivity contribution in [3.8, 4) is 0 Å². The summed E-state index contributed by atoms with van der Waals surface area (Å²) in [6.07, 6.45) is 0.439. The Morgan fingerprint density at radius 1 is 1.00 bits per heavy atom. The molecule has 0 radical (unpaired) electrons. The van der Waals surface area contributed by atoms with Crippen molar-refractivity contribution in [3.63, 3.8) is 0 Å². The molecule has 0 aliphatic carbocycles. The van der Waals surface area contributed by atoms with Gasteiger partial charge in [0, 0.05) is 24.3 Å². The number of carbonyl (C=O) groups is 1. The fourth-order valence-electron chi connectivity index (χ4n) is 2.51. The normalized spacial score (nSPS) is 11.2. The fraction of sp³-hybridized carbons (Fsp3) is 0.381. The van der Waals surface area contributed by atoms with E-state index in [1.54, 1.807) is 0 Å². The van der Waals surface area contributed by atoms with Gasteiger partial charge in [-0.3, -0.25) is 4.79 Å². The summed E-state index contributed by atoms with van der Waals surface area (Å²) in [4.78, 5) is 12.1. The molecule has 0 atom stereocenters. The molecule has 0 unspecified atom stereocenters. The third-order valence-corrected chi connectivity index (χ3v) is 4.31. The Morgan fingerprint density at radius 2 is 1.67 bits per heavy atom. The van der Waals surface area contributed by atoms with E-state index in [9.17, 15) is 4.79 Å². The minimum Gasteiger partial charge on any atom is -0.385 e. The number of hydrogen-bond acceptors (Lipinski definition) is 2. The van der Waals surface area contributed by atoms with E-state index in [0.29, 0.717) is 13.0 Å². The van der Waals surface area contributed by atoms with Crippen LogP contribution >= 0.6 is 0 Å². The Balaban J connectivity index is 1.83. The first-order valence-corrected chi connectivity index (χ1v) is 8.48. The van der Waals surface area contributed by atoms with Gasteiger partial charge in [-0.05, 0) is 54.2 Å². The lowest BCUT2D eigenvalue weighted by Gasteiger charge is -2.19. The number of anilines is 2. The number of hydrogen-bond donors (Lipinski definition) is 2. The van der Waals surface area contributed by atoms with Crippen molar-refractivity contribution in [1.82, 2.24) is 0 Å². The summed E-state index contributed by atoms with van der Waals surface area (Å²) in [6, 6.07) is 14.4. The highest BCUT2D eigenvalue weighted by Gasteiger charge is 2.12. The maximum atomic E-state index is 12.1. The van der Waals surface area contributed by atoms with Crippen molar-refractivity contribution in [3.05, 3.63) is 59.2 Å². The fourth-order valence-corrected chi connectivity index (χ4v) is 2.51. The van der Waals surface area contributed by atoms with Crippen LogP contribution in [-0.4, -0.2) is 12.5 Å².